The fourth-order valence-corrected chi connectivity index (χ4v) is 5.39. The molecule has 1 unspecified atom stereocenters. The van der Waals surface area contributed by atoms with Gasteiger partial charge in [0.25, 0.3) is 11.5 Å². The summed E-state index contributed by atoms with van der Waals surface area (Å²) in [6.45, 7) is 3.84. The van der Waals surface area contributed by atoms with Crippen LogP contribution >= 0.6 is 20.8 Å². The van der Waals surface area contributed by atoms with Gasteiger partial charge in [0, 0.05) is 42.8 Å². The molecule has 212 valence electrons. The maximum Gasteiger partial charge on any atom is 0.397 e. The Bertz CT molecular complexity index is 1430. The lowest BCUT2D eigenvalue weighted by Crippen LogP contribution is -2.52. The van der Waals surface area contributed by atoms with Gasteiger partial charge in [0.05, 0.1) is 6.04 Å². The number of benzene rings is 2. The summed E-state index contributed by atoms with van der Waals surface area (Å²) in [4.78, 5) is 41.9. The molecule has 11 heteroatoms. The Morgan fingerprint density at radius 3 is 2.02 bits per heavy atom. The first kappa shape index (κ1) is 29.8. The number of piperazine rings is 1. The lowest BCUT2D eigenvalue weighted by molar-refractivity contribution is -0.162. The molecule has 1 saturated heterocycles. The molecule has 1 aromatic heterocycles. The number of hydrogen-bond donors (Lipinski definition) is 0. The summed E-state index contributed by atoms with van der Waals surface area (Å²) in [6, 6.07) is 18.0. The quantitative estimate of drug-likeness (QED) is 0.382. The molecule has 1 aliphatic heterocycles. The van der Waals surface area contributed by atoms with Crippen molar-refractivity contribution in [1.82, 2.24) is 14.4 Å². The largest absolute Gasteiger partial charge is 0.397 e. The molecule has 0 spiro atoms. The zero-order valence-corrected chi connectivity index (χ0v) is 24.0. The minimum absolute atomic E-state index is 0.0295. The highest BCUT2D eigenvalue weighted by atomic mass is 35.5. The van der Waals surface area contributed by atoms with E-state index in [2.05, 4.69) is 9.24 Å². The third-order valence-corrected chi connectivity index (χ3v) is 7.88. The van der Waals surface area contributed by atoms with Crippen LogP contribution in [-0.4, -0.2) is 58.5 Å². The van der Waals surface area contributed by atoms with Crippen LogP contribution in [0.1, 0.15) is 52.5 Å². The highest BCUT2D eigenvalue weighted by molar-refractivity contribution is 7.27. The molecule has 2 heterocycles. The van der Waals surface area contributed by atoms with E-state index in [-0.39, 0.29) is 37.7 Å². The average molecular weight is 592 g/mol. The monoisotopic (exact) mass is 591 g/mol. The van der Waals surface area contributed by atoms with Gasteiger partial charge in [0.1, 0.15) is 12.0 Å². The van der Waals surface area contributed by atoms with E-state index in [1.54, 1.807) is 22.8 Å². The first-order valence-corrected chi connectivity index (χ1v) is 13.8. The van der Waals surface area contributed by atoms with Gasteiger partial charge in [-0.3, -0.25) is 14.4 Å². The fourth-order valence-electron chi connectivity index (χ4n) is 5.07. The van der Waals surface area contributed by atoms with Crippen LogP contribution in [0, 0.1) is 6.92 Å². The second-order valence-corrected chi connectivity index (χ2v) is 11.1. The van der Waals surface area contributed by atoms with E-state index in [0.29, 0.717) is 10.7 Å². The number of nitrogens with zero attached hydrogens (tertiary/aromatic N) is 3. The van der Waals surface area contributed by atoms with E-state index in [1.807, 2.05) is 50.2 Å². The van der Waals surface area contributed by atoms with Crippen LogP contribution in [0.4, 0.5) is 13.2 Å². The van der Waals surface area contributed by atoms with Crippen LogP contribution < -0.4 is 10.9 Å². The van der Waals surface area contributed by atoms with Gasteiger partial charge in [-0.1, -0.05) is 54.9 Å². The van der Waals surface area contributed by atoms with Crippen LogP contribution in [0.3, 0.4) is 0 Å². The van der Waals surface area contributed by atoms with E-state index in [4.69, 9.17) is 11.6 Å². The number of carbonyl (C=O) groups is 2. The van der Waals surface area contributed by atoms with Gasteiger partial charge in [0.2, 0.25) is 5.91 Å². The molecule has 1 aliphatic rings. The number of aryl methyl sites for hydroxylation is 1. The lowest BCUT2D eigenvalue weighted by atomic mass is 9.87. The Morgan fingerprint density at radius 1 is 0.900 bits per heavy atom. The van der Waals surface area contributed by atoms with Gasteiger partial charge in [-0.15, -0.1) is 9.24 Å². The Kier molecular flexibility index (Phi) is 9.06. The summed E-state index contributed by atoms with van der Waals surface area (Å²) in [5, 5.41) is 1.59. The molecule has 0 N–H and O–H groups in total. The molecule has 3 atom stereocenters. The average Bonchev–Trinajstić information content (AvgIpc) is 2.90. The number of rotatable bonds is 6. The summed E-state index contributed by atoms with van der Waals surface area (Å²) in [5.74, 6) is -1.70. The summed E-state index contributed by atoms with van der Waals surface area (Å²) >= 11 is 6.11. The fraction of sp³-hybridized carbons (Fsp3) is 0.345. The second kappa shape index (κ2) is 12.1. The maximum atomic E-state index is 14.0. The number of amides is 2. The van der Waals surface area contributed by atoms with Gasteiger partial charge < -0.3 is 14.4 Å². The second-order valence-electron chi connectivity index (χ2n) is 9.98. The molecule has 40 heavy (non-hydrogen) atoms. The third-order valence-electron chi connectivity index (χ3n) is 7.25. The minimum Gasteiger partial charge on any atom is -0.339 e. The van der Waals surface area contributed by atoms with Crippen molar-refractivity contribution in [3.63, 3.8) is 0 Å². The zero-order chi connectivity index (χ0) is 29.2. The summed E-state index contributed by atoms with van der Waals surface area (Å²) in [5.41, 5.74) is 2.04. The molecule has 3 aromatic rings. The number of halogens is 4. The Labute approximate surface area is 237 Å². The van der Waals surface area contributed by atoms with E-state index in [9.17, 15) is 27.6 Å². The Balaban J connectivity index is 1.66. The molecule has 2 aromatic carbocycles. The third kappa shape index (κ3) is 6.76. The molecule has 1 fully saturated rings. The van der Waals surface area contributed by atoms with Crippen LogP contribution in [-0.2, 0) is 4.79 Å². The van der Waals surface area contributed by atoms with Crippen molar-refractivity contribution >= 4 is 38.0 Å². The number of carbonyl (C=O) groups excluding carboxylic acids is 2. The number of alkyl halides is 3. The predicted octanol–water partition coefficient (Wildman–Crippen LogP) is 4.94. The van der Waals surface area contributed by atoms with Crippen molar-refractivity contribution in [1.29, 1.82) is 0 Å². The van der Waals surface area contributed by atoms with E-state index in [0.717, 1.165) is 21.3 Å². The van der Waals surface area contributed by atoms with Crippen molar-refractivity contribution in [3.8, 4) is 0 Å². The van der Waals surface area contributed by atoms with E-state index >= 15 is 0 Å². The molecule has 0 radical (unpaired) electrons. The van der Waals surface area contributed by atoms with Crippen molar-refractivity contribution in [2.75, 3.05) is 26.2 Å². The molecule has 0 saturated carbocycles. The Hall–Kier alpha value is -3.16. The van der Waals surface area contributed by atoms with E-state index in [1.165, 1.54) is 11.0 Å². The van der Waals surface area contributed by atoms with Gasteiger partial charge >= 0.3 is 6.18 Å². The first-order valence-electron chi connectivity index (χ1n) is 12.8. The molecule has 4 rings (SSSR count). The molecular formula is C29H30ClF3N3O3P. The van der Waals surface area contributed by atoms with Gasteiger partial charge in [0.15, 0.2) is 0 Å². The molecular weight excluding hydrogens is 562 g/mol. The molecule has 0 aliphatic carbocycles. The topological polar surface area (TPSA) is 62.6 Å². The molecule has 0 bridgehead atoms. The summed E-state index contributed by atoms with van der Waals surface area (Å²) in [6.07, 6.45) is -6.12. The van der Waals surface area contributed by atoms with Gasteiger partial charge in [-0.05, 0) is 47.6 Å². The highest BCUT2D eigenvalue weighted by Gasteiger charge is 2.35. The van der Waals surface area contributed by atoms with Crippen LogP contribution in [0.15, 0.2) is 65.5 Å². The van der Waals surface area contributed by atoms with Gasteiger partial charge in [-0.2, -0.15) is 13.2 Å². The van der Waals surface area contributed by atoms with Crippen LogP contribution in [0.2, 0.25) is 5.02 Å². The summed E-state index contributed by atoms with van der Waals surface area (Å²) in [7, 11) is 2.64. The number of aromatic nitrogens is 1. The normalized spacial score (nSPS) is 15.6. The minimum atomic E-state index is -4.59. The number of hydrogen-bond acceptors (Lipinski definition) is 3. The first-order chi connectivity index (χ1) is 18.9. The summed E-state index contributed by atoms with van der Waals surface area (Å²) < 4.78 is 39.5. The smallest absolute Gasteiger partial charge is 0.339 e. The predicted molar refractivity (Wildman–Crippen MR) is 152 cm³/mol. The van der Waals surface area contributed by atoms with Crippen LogP contribution in [0.25, 0.3) is 0 Å². The SMILES string of the molecule is Cc1ccc(C(=O)N2CCN(C(=O)CC(F)(F)F)CC2)c(=O)n1[C@@H](c1ccc(P)cc1)[C@H](C)c1ccc(Cl)cc1. The number of pyridine rings is 1. The standard InChI is InChI=1S/C29H30ClF3N3O3P/c1-18-3-12-24(27(38)35-15-13-34(14-16-35)25(37)17-29(31,32)33)28(39)36(18)26(21-6-10-23(40)11-7-21)19(2)20-4-8-22(30)9-5-20/h3-12,19,26H,13-17,40H2,1-2H3/t19-,26-/m1/s1. The highest BCUT2D eigenvalue weighted by Crippen LogP contribution is 2.34. The molecule has 2 amide bonds. The van der Waals surface area contributed by atoms with Crippen molar-refractivity contribution in [3.05, 3.63) is 98.4 Å². The maximum absolute atomic E-state index is 14.0. The van der Waals surface area contributed by atoms with Crippen LogP contribution in [0.5, 0.6) is 0 Å². The Morgan fingerprint density at radius 2 is 1.45 bits per heavy atom. The van der Waals surface area contributed by atoms with Crippen molar-refractivity contribution < 1.29 is 22.8 Å². The van der Waals surface area contributed by atoms with Crippen molar-refractivity contribution in [2.24, 2.45) is 0 Å². The molecule has 6 nitrogen and oxygen atoms in total. The van der Waals surface area contributed by atoms with Gasteiger partial charge in [-0.25, -0.2) is 0 Å². The zero-order valence-electron chi connectivity index (χ0n) is 22.1. The van der Waals surface area contributed by atoms with Crippen molar-refractivity contribution in [2.45, 2.75) is 38.4 Å². The lowest BCUT2D eigenvalue weighted by Gasteiger charge is -2.35. The van der Waals surface area contributed by atoms with E-state index < -0.39 is 36.0 Å².